The minimum absolute atomic E-state index is 0.0516. The molecule has 18 heavy (non-hydrogen) atoms. The Morgan fingerprint density at radius 2 is 2.00 bits per heavy atom. The summed E-state index contributed by atoms with van der Waals surface area (Å²) < 4.78 is 25.5. The smallest absolute Gasteiger partial charge is 0.320 e. The van der Waals surface area contributed by atoms with Crippen molar-refractivity contribution >= 4 is 16.0 Å². The van der Waals surface area contributed by atoms with Gasteiger partial charge >= 0.3 is 5.97 Å². The maximum Gasteiger partial charge on any atom is 0.320 e. The van der Waals surface area contributed by atoms with Crippen molar-refractivity contribution in [3.05, 3.63) is 0 Å². The largest absolute Gasteiger partial charge is 0.480 e. The molecule has 1 fully saturated rings. The fraction of sp³-hybridized carbons (Fsp3) is 0.900. The maximum absolute atomic E-state index is 12.0. The zero-order valence-corrected chi connectivity index (χ0v) is 11.4. The van der Waals surface area contributed by atoms with E-state index < -0.39 is 22.0 Å². The van der Waals surface area contributed by atoms with Crippen LogP contribution in [0.5, 0.6) is 0 Å². The fourth-order valence-electron chi connectivity index (χ4n) is 1.83. The summed E-state index contributed by atoms with van der Waals surface area (Å²) in [7, 11) is -1.44. The van der Waals surface area contributed by atoms with Gasteiger partial charge in [0.15, 0.2) is 0 Å². The second-order valence-electron chi connectivity index (χ2n) is 4.61. The van der Waals surface area contributed by atoms with Gasteiger partial charge in [-0.05, 0) is 26.4 Å². The molecule has 0 radical (unpaired) electrons. The molecular formula is C10H21N3O4S. The summed E-state index contributed by atoms with van der Waals surface area (Å²) in [6, 6.07) is -1.12. The van der Waals surface area contributed by atoms with Gasteiger partial charge < -0.3 is 15.7 Å². The van der Waals surface area contributed by atoms with E-state index in [1.54, 1.807) is 0 Å². The van der Waals surface area contributed by atoms with Gasteiger partial charge in [0.1, 0.15) is 6.04 Å². The molecule has 0 aromatic carbocycles. The highest BCUT2D eigenvalue weighted by Crippen LogP contribution is 2.09. The van der Waals surface area contributed by atoms with Gasteiger partial charge in [0.2, 0.25) is 10.0 Å². The van der Waals surface area contributed by atoms with Gasteiger partial charge in [-0.15, -0.1) is 0 Å². The molecular weight excluding hydrogens is 258 g/mol. The van der Waals surface area contributed by atoms with Crippen LogP contribution in [-0.4, -0.2) is 73.7 Å². The van der Waals surface area contributed by atoms with Crippen LogP contribution in [0.3, 0.4) is 0 Å². The number of carbonyl (C=O) groups is 1. The van der Waals surface area contributed by atoms with Crippen molar-refractivity contribution in [3.63, 3.8) is 0 Å². The van der Waals surface area contributed by atoms with Gasteiger partial charge in [-0.25, -0.2) is 12.7 Å². The zero-order valence-electron chi connectivity index (χ0n) is 10.6. The molecule has 0 spiro atoms. The molecule has 1 heterocycles. The molecule has 8 heteroatoms. The number of carboxylic acid groups (broad SMARTS) is 1. The summed E-state index contributed by atoms with van der Waals surface area (Å²) in [6.07, 6.45) is 0.741. The number of carboxylic acids is 1. The molecule has 3 N–H and O–H groups in total. The number of nitrogens with two attached hydrogens (primary N) is 1. The summed E-state index contributed by atoms with van der Waals surface area (Å²) >= 11 is 0. The topological polar surface area (TPSA) is 104 Å². The molecule has 0 amide bonds. The predicted octanol–water partition coefficient (Wildman–Crippen LogP) is -1.24. The Bertz CT molecular complexity index is 385. The maximum atomic E-state index is 12.0. The molecule has 0 unspecified atom stereocenters. The molecule has 0 aromatic heterocycles. The van der Waals surface area contributed by atoms with Crippen molar-refractivity contribution in [2.75, 3.05) is 39.0 Å². The first-order valence-electron chi connectivity index (χ1n) is 5.97. The molecule has 1 rings (SSSR count). The first kappa shape index (κ1) is 15.4. The lowest BCUT2D eigenvalue weighted by Crippen LogP contribution is -2.39. The summed E-state index contributed by atoms with van der Waals surface area (Å²) in [4.78, 5) is 12.6. The van der Waals surface area contributed by atoms with Crippen LogP contribution in [0.25, 0.3) is 0 Å². The van der Waals surface area contributed by atoms with Crippen molar-refractivity contribution in [2.24, 2.45) is 5.73 Å². The Labute approximate surface area is 108 Å². The van der Waals surface area contributed by atoms with E-state index in [0.29, 0.717) is 19.6 Å². The number of nitrogens with zero attached hydrogens (tertiary/aromatic N) is 2. The van der Waals surface area contributed by atoms with Crippen LogP contribution in [0.1, 0.15) is 12.8 Å². The number of aliphatic carboxylic acids is 1. The fourth-order valence-corrected chi connectivity index (χ4v) is 3.41. The van der Waals surface area contributed by atoms with Crippen molar-refractivity contribution in [1.29, 1.82) is 0 Å². The van der Waals surface area contributed by atoms with Crippen molar-refractivity contribution in [1.82, 2.24) is 9.21 Å². The Hall–Kier alpha value is -0.700. The van der Waals surface area contributed by atoms with E-state index in [4.69, 9.17) is 10.8 Å². The molecule has 1 atom stereocenters. The zero-order chi connectivity index (χ0) is 13.8. The number of sulfonamides is 1. The molecule has 0 aliphatic carbocycles. The lowest BCUT2D eigenvalue weighted by atomic mass is 10.2. The van der Waals surface area contributed by atoms with E-state index in [1.165, 1.54) is 4.31 Å². The van der Waals surface area contributed by atoms with E-state index in [-0.39, 0.29) is 12.2 Å². The predicted molar refractivity (Wildman–Crippen MR) is 67.7 cm³/mol. The third-order valence-corrected chi connectivity index (χ3v) is 4.98. The lowest BCUT2D eigenvalue weighted by Gasteiger charge is -2.20. The summed E-state index contributed by atoms with van der Waals surface area (Å²) in [5, 5.41) is 8.63. The number of hydrogen-bond acceptors (Lipinski definition) is 5. The Morgan fingerprint density at radius 1 is 1.33 bits per heavy atom. The second-order valence-corrected chi connectivity index (χ2v) is 6.69. The van der Waals surface area contributed by atoms with E-state index in [2.05, 4.69) is 4.90 Å². The Balaban J connectivity index is 2.54. The number of hydrogen-bond donors (Lipinski definition) is 2. The Morgan fingerprint density at radius 3 is 2.61 bits per heavy atom. The van der Waals surface area contributed by atoms with E-state index >= 15 is 0 Å². The van der Waals surface area contributed by atoms with Gasteiger partial charge in [0.25, 0.3) is 0 Å². The summed E-state index contributed by atoms with van der Waals surface area (Å²) in [6.45, 7) is 2.53. The van der Waals surface area contributed by atoms with E-state index in [0.717, 1.165) is 13.0 Å². The molecule has 0 aromatic rings. The van der Waals surface area contributed by atoms with Crippen LogP contribution in [0.2, 0.25) is 0 Å². The first-order chi connectivity index (χ1) is 8.33. The third-order valence-electron chi connectivity index (χ3n) is 3.08. The van der Waals surface area contributed by atoms with Gasteiger partial charge in [-0.2, -0.15) is 0 Å². The third kappa shape index (κ3) is 4.52. The summed E-state index contributed by atoms with van der Waals surface area (Å²) in [5.74, 6) is -1.37. The number of rotatable bonds is 5. The van der Waals surface area contributed by atoms with Crippen molar-refractivity contribution < 1.29 is 18.3 Å². The normalized spacial score (nSPS) is 21.4. The van der Waals surface area contributed by atoms with Crippen molar-refractivity contribution in [3.8, 4) is 0 Å². The van der Waals surface area contributed by atoms with Crippen LogP contribution >= 0.6 is 0 Å². The Kier molecular flexibility index (Phi) is 5.51. The molecule has 7 nitrogen and oxygen atoms in total. The van der Waals surface area contributed by atoms with Crippen LogP contribution in [0.15, 0.2) is 0 Å². The van der Waals surface area contributed by atoms with Gasteiger partial charge in [0.05, 0.1) is 5.75 Å². The standard InChI is InChI=1S/C10H21N3O4S/c1-12-4-2-5-13(7-6-12)18(16,17)8-3-9(11)10(14)15/h9H,2-8,11H2,1H3,(H,14,15)/t9-/m0/s1. The second kappa shape index (κ2) is 6.46. The first-order valence-corrected chi connectivity index (χ1v) is 7.58. The van der Waals surface area contributed by atoms with Gasteiger partial charge in [0, 0.05) is 19.6 Å². The van der Waals surface area contributed by atoms with Crippen LogP contribution < -0.4 is 5.73 Å². The monoisotopic (exact) mass is 279 g/mol. The lowest BCUT2D eigenvalue weighted by molar-refractivity contribution is -0.138. The van der Waals surface area contributed by atoms with Crippen LogP contribution in [0.4, 0.5) is 0 Å². The highest BCUT2D eigenvalue weighted by Gasteiger charge is 2.25. The quantitative estimate of drug-likeness (QED) is 0.652. The molecule has 1 saturated heterocycles. The molecule has 106 valence electrons. The van der Waals surface area contributed by atoms with Crippen LogP contribution in [0, 0.1) is 0 Å². The number of likely N-dealkylation sites (N-methyl/N-ethyl adjacent to an activating group) is 1. The van der Waals surface area contributed by atoms with E-state index in [9.17, 15) is 13.2 Å². The molecule has 1 aliphatic rings. The average Bonchev–Trinajstić information content (AvgIpc) is 2.51. The molecule has 1 aliphatic heterocycles. The SMILES string of the molecule is CN1CCCN(S(=O)(=O)CC[C@H](N)C(=O)O)CC1. The molecule has 0 bridgehead atoms. The highest BCUT2D eigenvalue weighted by molar-refractivity contribution is 7.89. The van der Waals surface area contributed by atoms with Gasteiger partial charge in [-0.3, -0.25) is 4.79 Å². The van der Waals surface area contributed by atoms with Crippen molar-refractivity contribution in [2.45, 2.75) is 18.9 Å². The van der Waals surface area contributed by atoms with Crippen LogP contribution in [-0.2, 0) is 14.8 Å². The summed E-state index contributed by atoms with van der Waals surface area (Å²) in [5.41, 5.74) is 5.32. The minimum atomic E-state index is -3.40. The van der Waals surface area contributed by atoms with E-state index in [1.807, 2.05) is 7.05 Å². The molecule has 0 saturated carbocycles. The minimum Gasteiger partial charge on any atom is -0.480 e. The highest BCUT2D eigenvalue weighted by atomic mass is 32.2. The average molecular weight is 279 g/mol. The van der Waals surface area contributed by atoms with Gasteiger partial charge in [-0.1, -0.05) is 0 Å².